The molecule has 1 aromatic heterocycles. The van der Waals surface area contributed by atoms with E-state index >= 15 is 0 Å². The van der Waals surface area contributed by atoms with Gasteiger partial charge in [-0.3, -0.25) is 9.89 Å². The minimum Gasteiger partial charge on any atom is -0.496 e. The van der Waals surface area contributed by atoms with E-state index in [0.717, 1.165) is 22.6 Å². The van der Waals surface area contributed by atoms with Crippen LogP contribution in [0.3, 0.4) is 0 Å². The fourth-order valence-electron chi connectivity index (χ4n) is 2.39. The number of carbonyl (C=O) groups is 1. The van der Waals surface area contributed by atoms with Crippen molar-refractivity contribution in [2.45, 2.75) is 12.2 Å². The third kappa shape index (κ3) is 2.16. The van der Waals surface area contributed by atoms with Crippen LogP contribution in [-0.2, 0) is 4.79 Å². The van der Waals surface area contributed by atoms with Gasteiger partial charge in [0.1, 0.15) is 5.75 Å². The summed E-state index contributed by atoms with van der Waals surface area (Å²) in [5.41, 5.74) is 3.04. The molecule has 1 unspecified atom stereocenters. The third-order valence-corrected chi connectivity index (χ3v) is 4.57. The first-order valence-corrected chi connectivity index (χ1v) is 7.35. The first-order chi connectivity index (χ1) is 9.70. The van der Waals surface area contributed by atoms with Gasteiger partial charge < -0.3 is 10.1 Å². The van der Waals surface area contributed by atoms with Crippen molar-refractivity contribution >= 4 is 23.5 Å². The highest BCUT2D eigenvalue weighted by Gasteiger charge is 2.29. The van der Waals surface area contributed by atoms with Crippen LogP contribution in [0.25, 0.3) is 0 Å². The third-order valence-electron chi connectivity index (χ3n) is 3.32. The molecule has 0 radical (unpaired) electrons. The van der Waals surface area contributed by atoms with E-state index in [4.69, 9.17) is 4.74 Å². The number of para-hydroxylation sites is 1. The van der Waals surface area contributed by atoms with Crippen molar-refractivity contribution < 1.29 is 9.53 Å². The van der Waals surface area contributed by atoms with Gasteiger partial charge in [-0.25, -0.2) is 0 Å². The number of ether oxygens (including phenoxy) is 1. The van der Waals surface area contributed by atoms with Crippen molar-refractivity contribution in [2.24, 2.45) is 0 Å². The number of hydrogen-bond acceptors (Lipinski definition) is 4. The van der Waals surface area contributed by atoms with Crippen LogP contribution in [0.2, 0.25) is 0 Å². The summed E-state index contributed by atoms with van der Waals surface area (Å²) in [4.78, 5) is 11.8. The maximum Gasteiger partial charge on any atom is 0.235 e. The second-order valence-corrected chi connectivity index (χ2v) is 5.69. The van der Waals surface area contributed by atoms with E-state index in [0.29, 0.717) is 11.6 Å². The van der Waals surface area contributed by atoms with Crippen molar-refractivity contribution in [3.63, 3.8) is 0 Å². The van der Waals surface area contributed by atoms with Gasteiger partial charge in [0.05, 0.1) is 18.1 Å². The molecule has 104 valence electrons. The van der Waals surface area contributed by atoms with E-state index in [2.05, 4.69) is 15.5 Å². The molecule has 1 aliphatic heterocycles. The zero-order valence-corrected chi connectivity index (χ0v) is 12.1. The number of anilines is 1. The SMILES string of the molecule is COc1ccccc1C1SCC(=O)Nc2n[nH]c(C)c21. The molecule has 0 fully saturated rings. The first-order valence-electron chi connectivity index (χ1n) is 6.30. The number of thioether (sulfide) groups is 1. The van der Waals surface area contributed by atoms with E-state index in [1.165, 1.54) is 0 Å². The van der Waals surface area contributed by atoms with E-state index in [9.17, 15) is 4.79 Å². The second kappa shape index (κ2) is 5.20. The molecule has 3 rings (SSSR count). The van der Waals surface area contributed by atoms with Crippen LogP contribution in [-0.4, -0.2) is 29.0 Å². The number of methoxy groups -OCH3 is 1. The summed E-state index contributed by atoms with van der Waals surface area (Å²) >= 11 is 1.58. The van der Waals surface area contributed by atoms with Gasteiger partial charge >= 0.3 is 0 Å². The summed E-state index contributed by atoms with van der Waals surface area (Å²) in [6.07, 6.45) is 0. The smallest absolute Gasteiger partial charge is 0.235 e. The number of fused-ring (bicyclic) bond motifs is 1. The number of aromatic amines is 1. The molecule has 0 aliphatic carbocycles. The van der Waals surface area contributed by atoms with E-state index in [1.807, 2.05) is 31.2 Å². The van der Waals surface area contributed by atoms with Crippen molar-refractivity contribution in [1.29, 1.82) is 0 Å². The monoisotopic (exact) mass is 289 g/mol. The molecule has 1 aromatic carbocycles. The molecule has 5 nitrogen and oxygen atoms in total. The van der Waals surface area contributed by atoms with Gasteiger partial charge in [0, 0.05) is 16.8 Å². The Morgan fingerprint density at radius 1 is 1.40 bits per heavy atom. The van der Waals surface area contributed by atoms with Crippen LogP contribution < -0.4 is 10.1 Å². The minimum atomic E-state index is -0.0276. The maximum absolute atomic E-state index is 11.8. The summed E-state index contributed by atoms with van der Waals surface area (Å²) in [6, 6.07) is 7.89. The lowest BCUT2D eigenvalue weighted by molar-refractivity contribution is -0.113. The van der Waals surface area contributed by atoms with Gasteiger partial charge in [-0.15, -0.1) is 11.8 Å². The molecular weight excluding hydrogens is 274 g/mol. The van der Waals surface area contributed by atoms with E-state index in [1.54, 1.807) is 18.9 Å². The molecule has 0 bridgehead atoms. The number of hydrogen-bond donors (Lipinski definition) is 2. The van der Waals surface area contributed by atoms with Crippen LogP contribution >= 0.6 is 11.8 Å². The average molecular weight is 289 g/mol. The molecule has 2 N–H and O–H groups in total. The van der Waals surface area contributed by atoms with Gasteiger partial charge in [-0.2, -0.15) is 5.10 Å². The Labute approximate surface area is 121 Å². The topological polar surface area (TPSA) is 67.0 Å². The van der Waals surface area contributed by atoms with Crippen molar-refractivity contribution in [2.75, 3.05) is 18.2 Å². The van der Waals surface area contributed by atoms with Crippen LogP contribution in [0.15, 0.2) is 24.3 Å². The summed E-state index contributed by atoms with van der Waals surface area (Å²) in [7, 11) is 1.66. The molecule has 1 aliphatic rings. The van der Waals surface area contributed by atoms with Crippen molar-refractivity contribution in [3.8, 4) is 5.75 Å². The summed E-state index contributed by atoms with van der Waals surface area (Å²) < 4.78 is 5.45. The number of nitrogens with one attached hydrogen (secondary N) is 2. The molecule has 2 heterocycles. The van der Waals surface area contributed by atoms with Crippen molar-refractivity contribution in [1.82, 2.24) is 10.2 Å². The lowest BCUT2D eigenvalue weighted by atomic mass is 10.0. The van der Waals surface area contributed by atoms with Gasteiger partial charge in [-0.05, 0) is 13.0 Å². The number of aryl methyl sites for hydroxylation is 1. The highest BCUT2D eigenvalue weighted by atomic mass is 32.2. The Kier molecular flexibility index (Phi) is 3.40. The number of benzene rings is 1. The molecule has 20 heavy (non-hydrogen) atoms. The number of amides is 1. The van der Waals surface area contributed by atoms with Gasteiger partial charge in [-0.1, -0.05) is 18.2 Å². The number of H-pyrrole nitrogens is 1. The predicted molar refractivity (Wildman–Crippen MR) is 79.2 cm³/mol. The summed E-state index contributed by atoms with van der Waals surface area (Å²) in [5, 5.41) is 10.00. The van der Waals surface area contributed by atoms with Gasteiger partial charge in [0.15, 0.2) is 5.82 Å². The van der Waals surface area contributed by atoms with Gasteiger partial charge in [0.25, 0.3) is 0 Å². The van der Waals surface area contributed by atoms with Gasteiger partial charge in [0.2, 0.25) is 5.91 Å². The molecule has 0 saturated heterocycles. The number of rotatable bonds is 2. The average Bonchev–Trinajstić information content (AvgIpc) is 2.72. The highest BCUT2D eigenvalue weighted by Crippen LogP contribution is 2.44. The number of nitrogens with zero attached hydrogens (tertiary/aromatic N) is 1. The molecule has 0 spiro atoms. The standard InChI is InChI=1S/C14H15N3O2S/c1-8-12-13(9-5-3-4-6-10(9)19-2)20-7-11(18)15-14(12)17-16-8/h3-6,13H,7H2,1-2H3,(H2,15,16,17,18). The van der Waals surface area contributed by atoms with Crippen LogP contribution in [0.4, 0.5) is 5.82 Å². The number of aromatic nitrogens is 2. The molecule has 2 aromatic rings. The fourth-order valence-corrected chi connectivity index (χ4v) is 3.61. The van der Waals surface area contributed by atoms with Crippen LogP contribution in [0.5, 0.6) is 5.75 Å². The Hall–Kier alpha value is -1.95. The largest absolute Gasteiger partial charge is 0.496 e. The summed E-state index contributed by atoms with van der Waals surface area (Å²) in [6.45, 7) is 1.96. The Balaban J connectivity index is 2.13. The first kappa shape index (κ1) is 13.1. The van der Waals surface area contributed by atoms with E-state index in [-0.39, 0.29) is 11.2 Å². The maximum atomic E-state index is 11.8. The number of carbonyl (C=O) groups excluding carboxylic acids is 1. The molecule has 0 saturated carbocycles. The zero-order chi connectivity index (χ0) is 14.1. The quantitative estimate of drug-likeness (QED) is 0.891. The minimum absolute atomic E-state index is 0.0267. The Bertz CT molecular complexity index is 654. The fraction of sp³-hybridized carbons (Fsp3) is 0.286. The van der Waals surface area contributed by atoms with E-state index < -0.39 is 0 Å². The van der Waals surface area contributed by atoms with Crippen LogP contribution in [0.1, 0.15) is 22.1 Å². The van der Waals surface area contributed by atoms with Crippen molar-refractivity contribution in [3.05, 3.63) is 41.1 Å². The second-order valence-electron chi connectivity index (χ2n) is 4.59. The molecule has 1 atom stereocenters. The Morgan fingerprint density at radius 3 is 3.00 bits per heavy atom. The zero-order valence-electron chi connectivity index (χ0n) is 11.3. The lowest BCUT2D eigenvalue weighted by Crippen LogP contribution is -2.12. The summed E-state index contributed by atoms with van der Waals surface area (Å²) in [5.74, 6) is 1.82. The Morgan fingerprint density at radius 2 is 2.20 bits per heavy atom. The lowest BCUT2D eigenvalue weighted by Gasteiger charge is -2.17. The normalized spacial score (nSPS) is 18.1. The predicted octanol–water partition coefficient (Wildman–Crippen LogP) is 2.50. The molecule has 6 heteroatoms. The van der Waals surface area contributed by atoms with Crippen LogP contribution in [0, 0.1) is 6.92 Å². The highest BCUT2D eigenvalue weighted by molar-refractivity contribution is 8.00. The molecule has 1 amide bonds. The molecular formula is C14H15N3O2S.